The van der Waals surface area contributed by atoms with Crippen molar-refractivity contribution in [1.29, 1.82) is 0 Å². The first-order chi connectivity index (χ1) is 5.45. The zero-order chi connectivity index (χ0) is 7.52. The average Bonchev–Trinajstić information content (AvgIpc) is 2.60. The fourth-order valence-electron chi connectivity index (χ4n) is 1.82. The first-order valence-corrected chi connectivity index (χ1v) is 7.84. The maximum absolute atomic E-state index is 2.48. The normalized spacial score (nSPS) is 35.3. The van der Waals surface area contributed by atoms with Crippen molar-refractivity contribution < 1.29 is 0 Å². The molecule has 0 aromatic carbocycles. The molecule has 0 nitrogen and oxygen atoms in total. The Morgan fingerprint density at radius 1 is 0.909 bits per heavy atom. The molecule has 0 fully saturated rings. The van der Waals surface area contributed by atoms with Gasteiger partial charge in [0.15, 0.2) is 0 Å². The van der Waals surface area contributed by atoms with Crippen molar-refractivity contribution in [3.8, 4) is 0 Å². The zero-order valence-corrected chi connectivity index (χ0v) is 9.65. The van der Waals surface area contributed by atoms with Crippen LogP contribution < -0.4 is 0 Å². The number of allylic oxidation sites excluding steroid dienone is 4. The summed E-state index contributed by atoms with van der Waals surface area (Å²) in [6.45, 7) is 0. The molecule has 0 aromatic heterocycles. The van der Waals surface area contributed by atoms with Gasteiger partial charge in [-0.2, -0.15) is 0 Å². The molecule has 2 atom stereocenters. The predicted octanol–water partition coefficient (Wildman–Crippen LogP) is 2.97. The molecule has 0 heterocycles. The van der Waals surface area contributed by atoms with Crippen LogP contribution in [0.5, 0.6) is 0 Å². The third kappa shape index (κ3) is 2.11. The van der Waals surface area contributed by atoms with E-state index in [-0.39, 0.29) is 21.1 Å². The van der Waals surface area contributed by atoms with Gasteiger partial charge in [0, 0.05) is 0 Å². The van der Waals surface area contributed by atoms with E-state index >= 15 is 0 Å². The Labute approximate surface area is 79.0 Å². The van der Waals surface area contributed by atoms with Crippen molar-refractivity contribution in [1.82, 2.24) is 0 Å². The average molecular weight is 253 g/mol. The van der Waals surface area contributed by atoms with E-state index in [2.05, 4.69) is 24.3 Å². The Morgan fingerprint density at radius 3 is 1.82 bits per heavy atom. The van der Waals surface area contributed by atoms with Crippen LogP contribution in [0.2, 0.25) is 7.87 Å². The van der Waals surface area contributed by atoms with Gasteiger partial charge in [-0.15, -0.1) is 0 Å². The molecule has 0 bridgehead atoms. The second kappa shape index (κ2) is 3.79. The fourth-order valence-corrected chi connectivity index (χ4v) is 6.70. The van der Waals surface area contributed by atoms with Gasteiger partial charge < -0.3 is 0 Å². The summed E-state index contributed by atoms with van der Waals surface area (Å²) in [5, 5.41) is 0. The van der Waals surface area contributed by atoms with Crippen LogP contribution in [0.3, 0.4) is 0 Å². The van der Waals surface area contributed by atoms with Crippen molar-refractivity contribution in [3.05, 3.63) is 24.3 Å². The Balaban J connectivity index is 1.80. The van der Waals surface area contributed by atoms with E-state index in [0.29, 0.717) is 0 Å². The standard InChI is InChI=1S/2C5H7.Sn/c2*1-2-4-5-3-1;/h2*1-3H,4-5H2;. The van der Waals surface area contributed by atoms with Crippen LogP contribution in [-0.2, 0) is 0 Å². The third-order valence-electron chi connectivity index (χ3n) is 2.45. The summed E-state index contributed by atoms with van der Waals surface area (Å²) in [4.78, 5) is 0. The quantitative estimate of drug-likeness (QED) is 0.524. The fraction of sp³-hybridized carbons (Fsp3) is 0.600. The van der Waals surface area contributed by atoms with E-state index in [4.69, 9.17) is 0 Å². The zero-order valence-electron chi connectivity index (χ0n) is 6.79. The van der Waals surface area contributed by atoms with Gasteiger partial charge in [0.05, 0.1) is 0 Å². The van der Waals surface area contributed by atoms with E-state index in [1.54, 1.807) is 0 Å². The molecule has 0 saturated heterocycles. The van der Waals surface area contributed by atoms with Gasteiger partial charge in [-0.3, -0.25) is 0 Å². The van der Waals surface area contributed by atoms with E-state index in [1.807, 2.05) is 0 Å². The van der Waals surface area contributed by atoms with Gasteiger partial charge in [-0.1, -0.05) is 0 Å². The minimum absolute atomic E-state index is 0.0825. The van der Waals surface area contributed by atoms with Gasteiger partial charge in [-0.05, 0) is 0 Å². The molecular weight excluding hydrogens is 239 g/mol. The van der Waals surface area contributed by atoms with Gasteiger partial charge in [0.1, 0.15) is 0 Å². The van der Waals surface area contributed by atoms with Crippen LogP contribution in [0.25, 0.3) is 0 Å². The van der Waals surface area contributed by atoms with Crippen molar-refractivity contribution in [2.45, 2.75) is 33.6 Å². The monoisotopic (exact) mass is 254 g/mol. The molecule has 0 aromatic rings. The molecule has 2 aliphatic carbocycles. The van der Waals surface area contributed by atoms with Crippen LogP contribution in [0.15, 0.2) is 24.3 Å². The molecular formula is C10H14Sn. The molecule has 0 saturated carbocycles. The molecule has 58 valence electrons. The predicted molar refractivity (Wildman–Crippen MR) is 50.0 cm³/mol. The summed E-state index contributed by atoms with van der Waals surface area (Å²) < 4.78 is 2.15. The second-order valence-corrected chi connectivity index (χ2v) is 8.58. The Morgan fingerprint density at radius 2 is 1.45 bits per heavy atom. The van der Waals surface area contributed by atoms with E-state index in [0.717, 1.165) is 7.87 Å². The molecule has 2 unspecified atom stereocenters. The Hall–Kier alpha value is 0.279. The van der Waals surface area contributed by atoms with Crippen molar-refractivity contribution >= 4 is 21.1 Å². The summed E-state index contributed by atoms with van der Waals surface area (Å²) in [5.41, 5.74) is 0. The molecule has 0 amide bonds. The van der Waals surface area contributed by atoms with Gasteiger partial charge in [0.2, 0.25) is 0 Å². The molecule has 2 rings (SSSR count). The molecule has 0 spiro atoms. The molecule has 0 aliphatic heterocycles. The first-order valence-electron chi connectivity index (χ1n) is 4.54. The summed E-state index contributed by atoms with van der Waals surface area (Å²) >= 11 is -0.0825. The van der Waals surface area contributed by atoms with Crippen LogP contribution in [-0.4, -0.2) is 21.1 Å². The first kappa shape index (κ1) is 7.90. The second-order valence-electron chi connectivity index (χ2n) is 3.39. The SMILES string of the molecule is C1=C[CH]([Sn][CH]2C=CCC2)CC1. The van der Waals surface area contributed by atoms with Crippen LogP contribution in [0.1, 0.15) is 25.7 Å². The molecule has 1 heteroatoms. The van der Waals surface area contributed by atoms with Crippen molar-refractivity contribution in [2.75, 3.05) is 0 Å². The van der Waals surface area contributed by atoms with Gasteiger partial charge in [0.25, 0.3) is 0 Å². The van der Waals surface area contributed by atoms with Crippen molar-refractivity contribution in [2.24, 2.45) is 0 Å². The molecule has 2 radical (unpaired) electrons. The van der Waals surface area contributed by atoms with Crippen molar-refractivity contribution in [3.63, 3.8) is 0 Å². The summed E-state index contributed by atoms with van der Waals surface area (Å²) in [6, 6.07) is 0. The van der Waals surface area contributed by atoms with E-state index < -0.39 is 0 Å². The summed E-state index contributed by atoms with van der Waals surface area (Å²) in [6.07, 6.45) is 15.4. The summed E-state index contributed by atoms with van der Waals surface area (Å²) in [7, 11) is 0. The Kier molecular flexibility index (Phi) is 2.72. The van der Waals surface area contributed by atoms with Gasteiger partial charge in [-0.25, -0.2) is 0 Å². The van der Waals surface area contributed by atoms with Crippen LogP contribution in [0, 0.1) is 0 Å². The van der Waals surface area contributed by atoms with Crippen LogP contribution >= 0.6 is 0 Å². The van der Waals surface area contributed by atoms with Crippen LogP contribution in [0.4, 0.5) is 0 Å². The molecule has 0 N–H and O–H groups in total. The number of rotatable bonds is 2. The third-order valence-corrected chi connectivity index (χ3v) is 7.64. The molecule has 2 aliphatic rings. The van der Waals surface area contributed by atoms with Gasteiger partial charge >= 0.3 is 79.0 Å². The van der Waals surface area contributed by atoms with E-state index in [1.165, 1.54) is 25.7 Å². The topological polar surface area (TPSA) is 0 Å². The number of hydrogen-bond donors (Lipinski definition) is 0. The number of hydrogen-bond acceptors (Lipinski definition) is 0. The van der Waals surface area contributed by atoms with E-state index in [9.17, 15) is 0 Å². The maximum atomic E-state index is 2.48. The summed E-state index contributed by atoms with van der Waals surface area (Å²) in [5.74, 6) is 0. The molecule has 11 heavy (non-hydrogen) atoms. The minimum atomic E-state index is -0.0825. The Bertz CT molecular complexity index is 161.